The number of nitrogens with zero attached hydrogens (tertiary/aromatic N) is 5. The topological polar surface area (TPSA) is 101 Å². The van der Waals surface area contributed by atoms with E-state index in [0.717, 1.165) is 6.42 Å². The van der Waals surface area contributed by atoms with Gasteiger partial charge in [0.2, 0.25) is 11.9 Å². The van der Waals surface area contributed by atoms with Crippen LogP contribution in [0.5, 0.6) is 6.01 Å². The maximum Gasteiger partial charge on any atom is 0.323 e. The third-order valence-electron chi connectivity index (χ3n) is 2.17. The van der Waals surface area contributed by atoms with E-state index in [1.54, 1.807) is 11.9 Å². The Labute approximate surface area is 107 Å². The average Bonchev–Trinajstić information content (AvgIpc) is 2.35. The van der Waals surface area contributed by atoms with Gasteiger partial charge in [0.1, 0.15) is 0 Å². The Morgan fingerprint density at radius 2 is 2.17 bits per heavy atom. The summed E-state index contributed by atoms with van der Waals surface area (Å²) in [5, 5.41) is 8.78. The third-order valence-corrected chi connectivity index (χ3v) is 2.17. The Morgan fingerprint density at radius 1 is 1.44 bits per heavy atom. The molecule has 1 heterocycles. The summed E-state index contributed by atoms with van der Waals surface area (Å²) in [5.74, 6) is 0.409. The lowest BCUT2D eigenvalue weighted by Crippen LogP contribution is -2.26. The lowest BCUT2D eigenvalue weighted by atomic mass is 10.2. The summed E-state index contributed by atoms with van der Waals surface area (Å²) in [6.07, 6.45) is 0.863. The zero-order valence-electron chi connectivity index (χ0n) is 10.9. The van der Waals surface area contributed by atoms with Crippen LogP contribution in [-0.2, 0) is 0 Å². The molecule has 0 fully saturated rings. The number of aromatic nitrogens is 3. The number of rotatable bonds is 6. The predicted octanol–water partition coefficient (Wildman–Crippen LogP) is 0.838. The van der Waals surface area contributed by atoms with E-state index in [2.05, 4.69) is 21.0 Å². The molecule has 0 amide bonds. The van der Waals surface area contributed by atoms with Crippen molar-refractivity contribution in [2.24, 2.45) is 5.92 Å². The standard InChI is InChI=1S/C11H18N6O/c1-4-5-18-11-15-9(13)14-10(16-11)17(3)7-8(2)6-12/h8H,4-5,7H2,1-3H3,(H2,13,14,15,16). The van der Waals surface area contributed by atoms with Gasteiger partial charge >= 0.3 is 6.01 Å². The van der Waals surface area contributed by atoms with Crippen molar-refractivity contribution in [3.05, 3.63) is 0 Å². The molecule has 1 aromatic heterocycles. The summed E-state index contributed by atoms with van der Waals surface area (Å²) in [7, 11) is 1.80. The van der Waals surface area contributed by atoms with Crippen LogP contribution in [0.3, 0.4) is 0 Å². The van der Waals surface area contributed by atoms with Gasteiger partial charge in [-0.2, -0.15) is 20.2 Å². The highest BCUT2D eigenvalue weighted by atomic mass is 16.5. The van der Waals surface area contributed by atoms with Crippen LogP contribution >= 0.6 is 0 Å². The number of hydrogen-bond donors (Lipinski definition) is 1. The second kappa shape index (κ2) is 6.59. The van der Waals surface area contributed by atoms with E-state index in [4.69, 9.17) is 15.7 Å². The van der Waals surface area contributed by atoms with Crippen LogP contribution < -0.4 is 15.4 Å². The highest BCUT2D eigenvalue weighted by Gasteiger charge is 2.12. The molecule has 0 saturated heterocycles. The van der Waals surface area contributed by atoms with Gasteiger partial charge in [-0.05, 0) is 13.3 Å². The molecule has 0 spiro atoms. The van der Waals surface area contributed by atoms with Crippen LogP contribution in [0.4, 0.5) is 11.9 Å². The maximum absolute atomic E-state index is 8.78. The molecule has 1 aromatic rings. The van der Waals surface area contributed by atoms with Crippen LogP contribution in [0.15, 0.2) is 0 Å². The summed E-state index contributed by atoms with van der Waals surface area (Å²) in [6.45, 7) is 4.87. The van der Waals surface area contributed by atoms with E-state index in [1.165, 1.54) is 0 Å². The Morgan fingerprint density at radius 3 is 2.78 bits per heavy atom. The van der Waals surface area contributed by atoms with Gasteiger partial charge in [0, 0.05) is 13.6 Å². The molecule has 0 radical (unpaired) electrons. The van der Waals surface area contributed by atoms with E-state index >= 15 is 0 Å². The van der Waals surface area contributed by atoms with Gasteiger partial charge in [0.15, 0.2) is 0 Å². The SMILES string of the molecule is CCCOc1nc(N)nc(N(C)CC(C)C#N)n1. The predicted molar refractivity (Wildman–Crippen MR) is 68.1 cm³/mol. The zero-order chi connectivity index (χ0) is 13.5. The Bertz CT molecular complexity index is 430. The molecule has 0 aromatic carbocycles. The van der Waals surface area contributed by atoms with Crippen molar-refractivity contribution < 1.29 is 4.74 Å². The first kappa shape index (κ1) is 14.0. The third kappa shape index (κ3) is 4.05. The van der Waals surface area contributed by atoms with E-state index < -0.39 is 0 Å². The van der Waals surface area contributed by atoms with Crippen molar-refractivity contribution in [2.75, 3.05) is 30.8 Å². The largest absolute Gasteiger partial charge is 0.463 e. The molecule has 1 atom stereocenters. The fourth-order valence-corrected chi connectivity index (χ4v) is 1.32. The van der Waals surface area contributed by atoms with Crippen LogP contribution in [-0.4, -0.2) is 35.2 Å². The second-order valence-corrected chi connectivity index (χ2v) is 4.04. The number of nitrogens with two attached hydrogens (primary N) is 1. The van der Waals surface area contributed by atoms with Crippen molar-refractivity contribution in [1.29, 1.82) is 5.26 Å². The summed E-state index contributed by atoms with van der Waals surface area (Å²) in [5.41, 5.74) is 5.60. The highest BCUT2D eigenvalue weighted by molar-refractivity contribution is 5.35. The Hall–Kier alpha value is -2.10. The minimum absolute atomic E-state index is 0.113. The average molecular weight is 250 g/mol. The molecule has 0 bridgehead atoms. The summed E-state index contributed by atoms with van der Waals surface area (Å²) >= 11 is 0. The van der Waals surface area contributed by atoms with E-state index in [-0.39, 0.29) is 17.9 Å². The van der Waals surface area contributed by atoms with Crippen molar-refractivity contribution in [3.8, 4) is 12.1 Å². The molecule has 7 heteroatoms. The van der Waals surface area contributed by atoms with Gasteiger partial charge in [-0.25, -0.2) is 0 Å². The monoisotopic (exact) mass is 250 g/mol. The molecule has 7 nitrogen and oxygen atoms in total. The molecule has 98 valence electrons. The molecule has 18 heavy (non-hydrogen) atoms. The van der Waals surface area contributed by atoms with Gasteiger partial charge in [0.25, 0.3) is 0 Å². The summed E-state index contributed by atoms with van der Waals surface area (Å²) in [4.78, 5) is 13.8. The normalized spacial score (nSPS) is 11.7. The molecular weight excluding hydrogens is 232 g/mol. The fourth-order valence-electron chi connectivity index (χ4n) is 1.32. The first-order valence-electron chi connectivity index (χ1n) is 5.82. The van der Waals surface area contributed by atoms with Gasteiger partial charge in [-0.1, -0.05) is 6.92 Å². The Balaban J connectivity index is 2.81. The van der Waals surface area contributed by atoms with Gasteiger partial charge in [0.05, 0.1) is 18.6 Å². The zero-order valence-corrected chi connectivity index (χ0v) is 10.9. The highest BCUT2D eigenvalue weighted by Crippen LogP contribution is 2.13. The van der Waals surface area contributed by atoms with Crippen molar-refractivity contribution in [2.45, 2.75) is 20.3 Å². The van der Waals surface area contributed by atoms with Crippen LogP contribution in [0.25, 0.3) is 0 Å². The molecule has 1 unspecified atom stereocenters. The molecule has 2 N–H and O–H groups in total. The Kier molecular flexibility index (Phi) is 5.11. The van der Waals surface area contributed by atoms with Crippen molar-refractivity contribution >= 4 is 11.9 Å². The molecular formula is C11H18N6O. The van der Waals surface area contributed by atoms with E-state index in [1.807, 2.05) is 13.8 Å². The summed E-state index contributed by atoms with van der Waals surface area (Å²) in [6, 6.07) is 2.37. The van der Waals surface area contributed by atoms with Crippen LogP contribution in [0.2, 0.25) is 0 Å². The van der Waals surface area contributed by atoms with Gasteiger partial charge in [-0.3, -0.25) is 0 Å². The molecule has 0 aliphatic rings. The molecule has 0 aliphatic heterocycles. The molecule has 0 aliphatic carbocycles. The molecule has 0 saturated carbocycles. The van der Waals surface area contributed by atoms with Crippen LogP contribution in [0.1, 0.15) is 20.3 Å². The van der Waals surface area contributed by atoms with Gasteiger partial charge < -0.3 is 15.4 Å². The fraction of sp³-hybridized carbons (Fsp3) is 0.636. The maximum atomic E-state index is 8.78. The first-order chi connectivity index (χ1) is 8.56. The van der Waals surface area contributed by atoms with Gasteiger partial charge in [-0.15, -0.1) is 0 Å². The van der Waals surface area contributed by atoms with Crippen molar-refractivity contribution in [3.63, 3.8) is 0 Å². The summed E-state index contributed by atoms with van der Waals surface area (Å²) < 4.78 is 5.32. The van der Waals surface area contributed by atoms with E-state index in [0.29, 0.717) is 19.1 Å². The lowest BCUT2D eigenvalue weighted by molar-refractivity contribution is 0.292. The van der Waals surface area contributed by atoms with Crippen molar-refractivity contribution in [1.82, 2.24) is 15.0 Å². The number of nitrogen functional groups attached to an aromatic ring is 1. The smallest absolute Gasteiger partial charge is 0.323 e. The second-order valence-electron chi connectivity index (χ2n) is 4.04. The quantitative estimate of drug-likeness (QED) is 0.798. The lowest BCUT2D eigenvalue weighted by Gasteiger charge is -2.18. The number of ether oxygens (including phenoxy) is 1. The number of anilines is 2. The minimum atomic E-state index is -0.118. The van der Waals surface area contributed by atoms with Crippen LogP contribution in [0, 0.1) is 17.2 Å². The number of nitriles is 1. The number of hydrogen-bond acceptors (Lipinski definition) is 7. The van der Waals surface area contributed by atoms with E-state index in [9.17, 15) is 0 Å². The molecule has 1 rings (SSSR count). The first-order valence-corrected chi connectivity index (χ1v) is 5.82. The minimum Gasteiger partial charge on any atom is -0.463 e.